The molecule has 0 bridgehead atoms. The second kappa shape index (κ2) is 4.29. The molecule has 2 atom stereocenters. The summed E-state index contributed by atoms with van der Waals surface area (Å²) in [6, 6.07) is -0.290. The Morgan fingerprint density at radius 2 is 2.24 bits per heavy atom. The lowest BCUT2D eigenvalue weighted by molar-refractivity contribution is -0.133. The lowest BCUT2D eigenvalue weighted by atomic mass is 9.88. The minimum atomic E-state index is -0.768. The maximum Gasteiger partial charge on any atom is 0.325 e. The molecule has 2 rings (SSSR count). The molecule has 0 aromatic heterocycles. The molecule has 2 aliphatic heterocycles. The Morgan fingerprint density at radius 3 is 2.71 bits per heavy atom. The first-order valence-electron chi connectivity index (χ1n) is 6.21. The van der Waals surface area contributed by atoms with Crippen LogP contribution < -0.4 is 5.32 Å². The summed E-state index contributed by atoms with van der Waals surface area (Å²) in [6.07, 6.45) is 1.95. The van der Waals surface area contributed by atoms with E-state index in [0.29, 0.717) is 6.54 Å². The van der Waals surface area contributed by atoms with Crippen molar-refractivity contribution < 1.29 is 14.3 Å². The minimum Gasteiger partial charge on any atom is -0.376 e. The third-order valence-electron chi connectivity index (χ3n) is 3.87. The molecule has 5 nitrogen and oxygen atoms in total. The monoisotopic (exact) mass is 240 g/mol. The Labute approximate surface area is 101 Å². The predicted octanol–water partition coefficient (Wildman–Crippen LogP) is 1.13. The standard InChI is InChI=1S/C12H20N2O3/c1-8(2)12(3)10(15)14(11(16)13-12)7-9-5-4-6-17-9/h8-9H,4-7H2,1-3H3,(H,13,16)/t9-,12-/m0/s1. The molecule has 17 heavy (non-hydrogen) atoms. The number of rotatable bonds is 3. The van der Waals surface area contributed by atoms with Crippen LogP contribution in [0.25, 0.3) is 0 Å². The quantitative estimate of drug-likeness (QED) is 0.752. The number of carbonyl (C=O) groups excluding carboxylic acids is 2. The van der Waals surface area contributed by atoms with E-state index >= 15 is 0 Å². The molecule has 2 saturated heterocycles. The second-order valence-corrected chi connectivity index (χ2v) is 5.34. The Hall–Kier alpha value is -1.10. The number of amides is 3. The molecule has 0 aliphatic carbocycles. The van der Waals surface area contributed by atoms with Crippen molar-refractivity contribution in [3.63, 3.8) is 0 Å². The Bertz CT molecular complexity index is 337. The summed E-state index contributed by atoms with van der Waals surface area (Å²) in [4.78, 5) is 25.4. The summed E-state index contributed by atoms with van der Waals surface area (Å²) >= 11 is 0. The van der Waals surface area contributed by atoms with Crippen molar-refractivity contribution in [1.29, 1.82) is 0 Å². The number of ether oxygens (including phenoxy) is 1. The highest BCUT2D eigenvalue weighted by Gasteiger charge is 2.50. The summed E-state index contributed by atoms with van der Waals surface area (Å²) < 4.78 is 5.47. The lowest BCUT2D eigenvalue weighted by Gasteiger charge is -2.26. The van der Waals surface area contributed by atoms with Crippen LogP contribution in [0, 0.1) is 5.92 Å². The summed E-state index contributed by atoms with van der Waals surface area (Å²) in [5.74, 6) is -0.0542. The van der Waals surface area contributed by atoms with E-state index in [1.54, 1.807) is 6.92 Å². The fraction of sp³-hybridized carbons (Fsp3) is 0.833. The third-order valence-corrected chi connectivity index (χ3v) is 3.87. The second-order valence-electron chi connectivity index (χ2n) is 5.34. The zero-order valence-electron chi connectivity index (χ0n) is 10.7. The van der Waals surface area contributed by atoms with Gasteiger partial charge in [-0.1, -0.05) is 13.8 Å². The number of urea groups is 1. The van der Waals surface area contributed by atoms with Gasteiger partial charge in [0.05, 0.1) is 12.6 Å². The maximum atomic E-state index is 12.3. The molecule has 0 aromatic carbocycles. The molecule has 2 aliphatic rings. The summed E-state index contributed by atoms with van der Waals surface area (Å²) in [5.41, 5.74) is -0.768. The lowest BCUT2D eigenvalue weighted by Crippen LogP contribution is -2.48. The zero-order valence-corrected chi connectivity index (χ0v) is 10.7. The maximum absolute atomic E-state index is 12.3. The first-order valence-corrected chi connectivity index (χ1v) is 6.21. The van der Waals surface area contributed by atoms with Crippen LogP contribution in [-0.4, -0.2) is 41.6 Å². The molecule has 0 spiro atoms. The Morgan fingerprint density at radius 1 is 1.53 bits per heavy atom. The van der Waals surface area contributed by atoms with E-state index < -0.39 is 5.54 Å². The highest BCUT2D eigenvalue weighted by Crippen LogP contribution is 2.26. The average molecular weight is 240 g/mol. The van der Waals surface area contributed by atoms with Crippen molar-refractivity contribution in [1.82, 2.24) is 10.2 Å². The van der Waals surface area contributed by atoms with Gasteiger partial charge in [0, 0.05) is 6.61 Å². The summed E-state index contributed by atoms with van der Waals surface area (Å²) in [5, 5.41) is 2.79. The van der Waals surface area contributed by atoms with Crippen molar-refractivity contribution in [2.24, 2.45) is 5.92 Å². The van der Waals surface area contributed by atoms with Crippen molar-refractivity contribution in [3.05, 3.63) is 0 Å². The van der Waals surface area contributed by atoms with Crippen LogP contribution in [0.4, 0.5) is 4.79 Å². The molecule has 5 heteroatoms. The van der Waals surface area contributed by atoms with Gasteiger partial charge in [0.2, 0.25) is 0 Å². The third kappa shape index (κ3) is 2.04. The van der Waals surface area contributed by atoms with Crippen LogP contribution in [0.1, 0.15) is 33.6 Å². The van der Waals surface area contributed by atoms with Crippen molar-refractivity contribution in [2.75, 3.05) is 13.2 Å². The van der Waals surface area contributed by atoms with Crippen molar-refractivity contribution in [2.45, 2.75) is 45.3 Å². The molecule has 2 fully saturated rings. The van der Waals surface area contributed by atoms with Gasteiger partial charge in [0.1, 0.15) is 5.54 Å². The van der Waals surface area contributed by atoms with Gasteiger partial charge >= 0.3 is 6.03 Å². The van der Waals surface area contributed by atoms with Gasteiger partial charge in [-0.15, -0.1) is 0 Å². The zero-order chi connectivity index (χ0) is 12.6. The van der Waals surface area contributed by atoms with Gasteiger partial charge < -0.3 is 10.1 Å². The molecule has 1 N–H and O–H groups in total. The fourth-order valence-corrected chi connectivity index (χ4v) is 2.26. The Balaban J connectivity index is 2.08. The normalized spacial score (nSPS) is 33.6. The SMILES string of the molecule is CC(C)[C@]1(C)NC(=O)N(C[C@@H]2CCCO2)C1=O. The summed E-state index contributed by atoms with van der Waals surface area (Å²) in [7, 11) is 0. The molecule has 3 amide bonds. The smallest absolute Gasteiger partial charge is 0.325 e. The van der Waals surface area contributed by atoms with Crippen LogP contribution >= 0.6 is 0 Å². The van der Waals surface area contributed by atoms with Crippen LogP contribution in [0.2, 0.25) is 0 Å². The highest BCUT2D eigenvalue weighted by atomic mass is 16.5. The van der Waals surface area contributed by atoms with Gasteiger partial charge in [0.15, 0.2) is 0 Å². The molecule has 0 unspecified atom stereocenters. The van der Waals surface area contributed by atoms with E-state index in [4.69, 9.17) is 4.74 Å². The molecule has 96 valence electrons. The van der Waals surface area contributed by atoms with E-state index in [1.807, 2.05) is 13.8 Å². The number of hydrogen-bond donors (Lipinski definition) is 1. The molecule has 0 saturated carbocycles. The van der Waals surface area contributed by atoms with Crippen molar-refractivity contribution in [3.8, 4) is 0 Å². The topological polar surface area (TPSA) is 58.6 Å². The van der Waals surface area contributed by atoms with Gasteiger partial charge in [-0.25, -0.2) is 4.79 Å². The van der Waals surface area contributed by atoms with Crippen LogP contribution in [-0.2, 0) is 9.53 Å². The van der Waals surface area contributed by atoms with E-state index in [1.165, 1.54) is 4.90 Å². The van der Waals surface area contributed by atoms with E-state index in [9.17, 15) is 9.59 Å². The largest absolute Gasteiger partial charge is 0.376 e. The molecule has 0 radical (unpaired) electrons. The van der Waals surface area contributed by atoms with E-state index in [0.717, 1.165) is 19.4 Å². The summed E-state index contributed by atoms with van der Waals surface area (Å²) in [6.45, 7) is 6.78. The van der Waals surface area contributed by atoms with E-state index in [2.05, 4.69) is 5.32 Å². The van der Waals surface area contributed by atoms with Gasteiger partial charge in [-0.2, -0.15) is 0 Å². The predicted molar refractivity (Wildman–Crippen MR) is 62.5 cm³/mol. The first kappa shape index (κ1) is 12.4. The van der Waals surface area contributed by atoms with Gasteiger partial charge in [-0.05, 0) is 25.7 Å². The molecule has 2 heterocycles. The number of imide groups is 1. The molecular weight excluding hydrogens is 220 g/mol. The highest BCUT2D eigenvalue weighted by molar-refractivity contribution is 6.06. The first-order chi connectivity index (χ1) is 7.95. The number of carbonyl (C=O) groups is 2. The van der Waals surface area contributed by atoms with Gasteiger partial charge in [-0.3, -0.25) is 9.69 Å². The number of nitrogens with one attached hydrogen (secondary N) is 1. The fourth-order valence-electron chi connectivity index (χ4n) is 2.26. The number of hydrogen-bond acceptors (Lipinski definition) is 3. The van der Waals surface area contributed by atoms with E-state index in [-0.39, 0.29) is 24.0 Å². The Kier molecular flexibility index (Phi) is 3.12. The molecular formula is C12H20N2O3. The van der Waals surface area contributed by atoms with Crippen LogP contribution in [0.5, 0.6) is 0 Å². The van der Waals surface area contributed by atoms with Gasteiger partial charge in [0.25, 0.3) is 5.91 Å². The molecule has 0 aromatic rings. The minimum absolute atomic E-state index is 0.0132. The van der Waals surface area contributed by atoms with Crippen molar-refractivity contribution >= 4 is 11.9 Å². The van der Waals surface area contributed by atoms with Crippen LogP contribution in [0.3, 0.4) is 0 Å². The average Bonchev–Trinajstić information content (AvgIpc) is 2.82. The van der Waals surface area contributed by atoms with Crippen LogP contribution in [0.15, 0.2) is 0 Å². The number of nitrogens with zero attached hydrogens (tertiary/aromatic N) is 1.